The summed E-state index contributed by atoms with van der Waals surface area (Å²) in [5.74, 6) is -2.37. The minimum absolute atomic E-state index is 0.149. The molecule has 6 heteroatoms. The minimum Gasteiger partial charge on any atom is -0.508 e. The molecule has 25 heavy (non-hydrogen) atoms. The standard InChI is InChI=1S/C10H12O3.C9H10O3/c1-2-9(10(12)13)7-3-5-8(11)6-4-7;1-6(9(11)12)7-2-4-8(10)5-3-7/h3-6,9,11H,2H2,1H3,(H,12,13);2-6,10H,1H3,(H,11,12). The third-order valence-corrected chi connectivity index (χ3v) is 3.77. The van der Waals surface area contributed by atoms with Gasteiger partial charge in [-0.05, 0) is 48.7 Å². The molecule has 0 fully saturated rings. The highest BCUT2D eigenvalue weighted by molar-refractivity contribution is 5.76. The normalized spacial score (nSPS) is 12.4. The van der Waals surface area contributed by atoms with Crippen LogP contribution in [0.25, 0.3) is 0 Å². The molecular weight excluding hydrogens is 324 g/mol. The van der Waals surface area contributed by atoms with E-state index < -0.39 is 23.8 Å². The van der Waals surface area contributed by atoms with Crippen molar-refractivity contribution in [1.29, 1.82) is 0 Å². The Bertz CT molecular complexity index is 691. The number of benzene rings is 2. The number of phenolic OH excluding ortho intramolecular Hbond substituents is 2. The lowest BCUT2D eigenvalue weighted by Crippen LogP contribution is -2.09. The van der Waals surface area contributed by atoms with Crippen molar-refractivity contribution in [3.8, 4) is 11.5 Å². The van der Waals surface area contributed by atoms with Crippen molar-refractivity contribution in [3.63, 3.8) is 0 Å². The Morgan fingerprint density at radius 2 is 1.20 bits per heavy atom. The molecule has 0 aromatic heterocycles. The zero-order chi connectivity index (χ0) is 19.0. The fourth-order valence-corrected chi connectivity index (χ4v) is 2.17. The number of hydrogen-bond acceptors (Lipinski definition) is 4. The summed E-state index contributed by atoms with van der Waals surface area (Å²) in [6.07, 6.45) is 0.556. The number of phenols is 2. The highest BCUT2D eigenvalue weighted by Crippen LogP contribution is 2.21. The van der Waals surface area contributed by atoms with Crippen LogP contribution in [0.15, 0.2) is 48.5 Å². The van der Waals surface area contributed by atoms with Crippen molar-refractivity contribution in [1.82, 2.24) is 0 Å². The number of aliphatic carboxylic acids is 2. The smallest absolute Gasteiger partial charge is 0.310 e. The molecule has 0 spiro atoms. The van der Waals surface area contributed by atoms with Crippen molar-refractivity contribution < 1.29 is 30.0 Å². The van der Waals surface area contributed by atoms with Gasteiger partial charge in [-0.25, -0.2) is 0 Å². The van der Waals surface area contributed by atoms with Crippen LogP contribution in [0.2, 0.25) is 0 Å². The van der Waals surface area contributed by atoms with Crippen LogP contribution in [0.5, 0.6) is 11.5 Å². The van der Waals surface area contributed by atoms with Gasteiger partial charge in [0.25, 0.3) is 0 Å². The molecule has 2 unspecified atom stereocenters. The molecule has 0 aliphatic carbocycles. The van der Waals surface area contributed by atoms with Gasteiger partial charge in [0, 0.05) is 0 Å². The number of hydrogen-bond donors (Lipinski definition) is 4. The molecule has 0 saturated carbocycles. The average molecular weight is 346 g/mol. The molecule has 4 N–H and O–H groups in total. The Labute approximate surface area is 146 Å². The monoisotopic (exact) mass is 346 g/mol. The van der Waals surface area contributed by atoms with E-state index in [2.05, 4.69) is 0 Å². The molecule has 0 aliphatic heterocycles. The van der Waals surface area contributed by atoms with Crippen molar-refractivity contribution >= 4 is 11.9 Å². The maximum absolute atomic E-state index is 10.8. The molecule has 2 rings (SSSR count). The summed E-state index contributed by atoms with van der Waals surface area (Å²) in [4.78, 5) is 21.3. The first kappa shape index (κ1) is 20.0. The molecule has 2 atom stereocenters. The van der Waals surface area contributed by atoms with Gasteiger partial charge >= 0.3 is 11.9 Å². The summed E-state index contributed by atoms with van der Waals surface area (Å²) in [5.41, 5.74) is 1.42. The third kappa shape index (κ3) is 6.18. The summed E-state index contributed by atoms with van der Waals surface area (Å²) in [6.45, 7) is 3.43. The fourth-order valence-electron chi connectivity index (χ4n) is 2.17. The molecule has 0 radical (unpaired) electrons. The van der Waals surface area contributed by atoms with Gasteiger partial charge in [0.05, 0.1) is 11.8 Å². The van der Waals surface area contributed by atoms with Gasteiger partial charge in [-0.1, -0.05) is 31.2 Å². The van der Waals surface area contributed by atoms with Crippen LogP contribution in [0, 0.1) is 0 Å². The number of rotatable bonds is 5. The average Bonchev–Trinajstić information content (AvgIpc) is 2.57. The lowest BCUT2D eigenvalue weighted by Gasteiger charge is -2.09. The largest absolute Gasteiger partial charge is 0.508 e. The Hall–Kier alpha value is -3.02. The van der Waals surface area contributed by atoms with Crippen LogP contribution in [-0.4, -0.2) is 32.4 Å². The predicted molar refractivity (Wildman–Crippen MR) is 92.9 cm³/mol. The molecule has 2 aromatic rings. The van der Waals surface area contributed by atoms with Crippen LogP contribution >= 0.6 is 0 Å². The molecule has 2 aromatic carbocycles. The van der Waals surface area contributed by atoms with Crippen LogP contribution in [-0.2, 0) is 9.59 Å². The van der Waals surface area contributed by atoms with Crippen LogP contribution in [0.3, 0.4) is 0 Å². The maximum atomic E-state index is 10.8. The van der Waals surface area contributed by atoms with Gasteiger partial charge in [-0.15, -0.1) is 0 Å². The molecule has 0 aliphatic rings. The summed E-state index contributed by atoms with van der Waals surface area (Å²) >= 11 is 0. The number of carboxylic acid groups (broad SMARTS) is 2. The molecular formula is C19H22O6. The van der Waals surface area contributed by atoms with Crippen molar-refractivity contribution in [2.24, 2.45) is 0 Å². The van der Waals surface area contributed by atoms with E-state index in [1.807, 2.05) is 6.92 Å². The lowest BCUT2D eigenvalue weighted by atomic mass is 9.97. The quantitative estimate of drug-likeness (QED) is 0.658. The first-order chi connectivity index (χ1) is 11.8. The number of carbonyl (C=O) groups is 2. The Morgan fingerprint density at radius 1 is 0.800 bits per heavy atom. The summed E-state index contributed by atoms with van der Waals surface area (Å²) < 4.78 is 0. The summed E-state index contributed by atoms with van der Waals surface area (Å²) in [5, 5.41) is 35.4. The summed E-state index contributed by atoms with van der Waals surface area (Å²) in [7, 11) is 0. The minimum atomic E-state index is -0.860. The van der Waals surface area contributed by atoms with Crippen LogP contribution in [0.1, 0.15) is 43.2 Å². The van der Waals surface area contributed by atoms with Gasteiger partial charge < -0.3 is 20.4 Å². The van der Waals surface area contributed by atoms with Gasteiger partial charge in [-0.2, -0.15) is 0 Å². The van der Waals surface area contributed by atoms with E-state index in [0.717, 1.165) is 5.56 Å². The topological polar surface area (TPSA) is 115 Å². The molecule has 0 heterocycles. The van der Waals surface area contributed by atoms with Crippen molar-refractivity contribution in [2.75, 3.05) is 0 Å². The second-order valence-electron chi connectivity index (χ2n) is 5.54. The van der Waals surface area contributed by atoms with Gasteiger partial charge in [-0.3, -0.25) is 9.59 Å². The molecule has 6 nitrogen and oxygen atoms in total. The van der Waals surface area contributed by atoms with E-state index in [1.54, 1.807) is 31.2 Å². The highest BCUT2D eigenvalue weighted by Gasteiger charge is 2.16. The second kappa shape index (κ2) is 9.32. The van der Waals surface area contributed by atoms with E-state index in [4.69, 9.17) is 20.4 Å². The summed E-state index contributed by atoms with van der Waals surface area (Å²) in [6, 6.07) is 12.4. The van der Waals surface area contributed by atoms with Gasteiger partial charge in [0.15, 0.2) is 0 Å². The molecule has 0 amide bonds. The van der Waals surface area contributed by atoms with E-state index in [1.165, 1.54) is 24.3 Å². The van der Waals surface area contributed by atoms with Crippen molar-refractivity contribution in [2.45, 2.75) is 32.1 Å². The fraction of sp³-hybridized carbons (Fsp3) is 0.263. The Morgan fingerprint density at radius 3 is 1.52 bits per heavy atom. The van der Waals surface area contributed by atoms with E-state index in [0.29, 0.717) is 12.0 Å². The van der Waals surface area contributed by atoms with Crippen molar-refractivity contribution in [3.05, 3.63) is 59.7 Å². The zero-order valence-electron chi connectivity index (χ0n) is 14.1. The zero-order valence-corrected chi connectivity index (χ0v) is 14.1. The number of carboxylic acids is 2. The van der Waals surface area contributed by atoms with Gasteiger partial charge in [0.1, 0.15) is 11.5 Å². The van der Waals surface area contributed by atoms with Crippen LogP contribution < -0.4 is 0 Å². The number of aromatic hydroxyl groups is 2. The molecule has 0 saturated heterocycles. The van der Waals surface area contributed by atoms with E-state index in [-0.39, 0.29) is 11.5 Å². The molecule has 134 valence electrons. The Kier molecular flexibility index (Phi) is 7.46. The van der Waals surface area contributed by atoms with E-state index >= 15 is 0 Å². The highest BCUT2D eigenvalue weighted by atomic mass is 16.4. The van der Waals surface area contributed by atoms with Gasteiger partial charge in [0.2, 0.25) is 0 Å². The van der Waals surface area contributed by atoms with Crippen LogP contribution in [0.4, 0.5) is 0 Å². The Balaban J connectivity index is 0.000000251. The maximum Gasteiger partial charge on any atom is 0.310 e. The first-order valence-corrected chi connectivity index (χ1v) is 7.79. The SMILES string of the molecule is CC(C(=O)O)c1ccc(O)cc1.CCC(C(=O)O)c1ccc(O)cc1. The van der Waals surface area contributed by atoms with E-state index in [9.17, 15) is 9.59 Å². The predicted octanol–water partition coefficient (Wildman–Crippen LogP) is 3.55. The lowest BCUT2D eigenvalue weighted by molar-refractivity contribution is -0.139. The third-order valence-electron chi connectivity index (χ3n) is 3.77. The second-order valence-corrected chi connectivity index (χ2v) is 5.54. The molecule has 0 bridgehead atoms. The first-order valence-electron chi connectivity index (χ1n) is 7.79.